The predicted molar refractivity (Wildman–Crippen MR) is 108 cm³/mol. The third kappa shape index (κ3) is 4.69. The summed E-state index contributed by atoms with van der Waals surface area (Å²) in [5, 5.41) is 0. The van der Waals surface area contributed by atoms with E-state index in [2.05, 4.69) is 4.90 Å². The summed E-state index contributed by atoms with van der Waals surface area (Å²) in [6.07, 6.45) is 1.15. The lowest BCUT2D eigenvalue weighted by molar-refractivity contribution is -0.136. The molecule has 0 spiro atoms. The van der Waals surface area contributed by atoms with Crippen molar-refractivity contribution in [2.24, 2.45) is 0 Å². The summed E-state index contributed by atoms with van der Waals surface area (Å²) in [5.74, 6) is 0.874. The number of rotatable bonds is 3. The summed E-state index contributed by atoms with van der Waals surface area (Å²) in [5.41, 5.74) is 0.571. The van der Waals surface area contributed by atoms with E-state index in [0.717, 1.165) is 30.9 Å². The van der Waals surface area contributed by atoms with Crippen molar-refractivity contribution in [1.29, 1.82) is 0 Å². The van der Waals surface area contributed by atoms with E-state index in [1.54, 1.807) is 12.0 Å². The number of carbonyl (C=O) groups is 2. The molecule has 2 amide bonds. The molecule has 7 heteroatoms. The number of piperazine rings is 1. The Bertz CT molecular complexity index is 691. The molecule has 28 heavy (non-hydrogen) atoms. The molecule has 3 rings (SSSR count). The molecule has 7 nitrogen and oxygen atoms in total. The number of anilines is 1. The molecule has 2 aliphatic rings. The molecule has 0 saturated carbocycles. The van der Waals surface area contributed by atoms with Crippen molar-refractivity contribution < 1.29 is 19.1 Å². The van der Waals surface area contributed by atoms with Crippen LogP contribution < -0.4 is 9.64 Å². The fourth-order valence-electron chi connectivity index (χ4n) is 3.75. The number of hydrogen-bond donors (Lipinski definition) is 0. The van der Waals surface area contributed by atoms with Crippen LogP contribution in [0.4, 0.5) is 10.5 Å². The average molecular weight is 389 g/mol. The van der Waals surface area contributed by atoms with Crippen LogP contribution in [0.25, 0.3) is 0 Å². The Kier molecular flexibility index (Phi) is 6.01. The van der Waals surface area contributed by atoms with Gasteiger partial charge in [-0.2, -0.15) is 0 Å². The van der Waals surface area contributed by atoms with Crippen molar-refractivity contribution in [1.82, 2.24) is 9.80 Å². The molecule has 154 valence electrons. The molecule has 1 unspecified atom stereocenters. The van der Waals surface area contributed by atoms with E-state index >= 15 is 0 Å². The molecule has 2 saturated heterocycles. The SMILES string of the molecule is COc1ccc(N2CCN(C(=O)C3CCCN3C(=O)OC(C)(C)C)CC2)cc1. The number of methoxy groups -OCH3 is 1. The molecule has 2 fully saturated rings. The van der Waals surface area contributed by atoms with Gasteiger partial charge in [-0.15, -0.1) is 0 Å². The third-order valence-electron chi connectivity index (χ3n) is 5.19. The minimum absolute atomic E-state index is 0.0396. The van der Waals surface area contributed by atoms with Gasteiger partial charge in [0.05, 0.1) is 7.11 Å². The number of likely N-dealkylation sites (tertiary alicyclic amines) is 1. The van der Waals surface area contributed by atoms with E-state index < -0.39 is 11.6 Å². The van der Waals surface area contributed by atoms with Gasteiger partial charge < -0.3 is 19.3 Å². The van der Waals surface area contributed by atoms with Crippen molar-refractivity contribution in [2.45, 2.75) is 45.3 Å². The normalized spacial score (nSPS) is 20.3. The van der Waals surface area contributed by atoms with Crippen LogP contribution in [-0.4, -0.2) is 73.3 Å². The maximum atomic E-state index is 13.0. The van der Waals surface area contributed by atoms with Crippen LogP contribution in [-0.2, 0) is 9.53 Å². The lowest BCUT2D eigenvalue weighted by atomic mass is 10.1. The van der Waals surface area contributed by atoms with E-state index in [4.69, 9.17) is 9.47 Å². The van der Waals surface area contributed by atoms with Gasteiger partial charge in [-0.25, -0.2) is 4.79 Å². The van der Waals surface area contributed by atoms with Gasteiger partial charge in [-0.1, -0.05) is 0 Å². The Labute approximate surface area is 167 Å². The van der Waals surface area contributed by atoms with Gasteiger partial charge in [0.25, 0.3) is 0 Å². The molecule has 2 aliphatic heterocycles. The Hall–Kier alpha value is -2.44. The second-order valence-corrected chi connectivity index (χ2v) is 8.34. The van der Waals surface area contributed by atoms with E-state index in [9.17, 15) is 9.59 Å². The average Bonchev–Trinajstić information content (AvgIpc) is 3.16. The zero-order valence-electron chi connectivity index (χ0n) is 17.3. The van der Waals surface area contributed by atoms with Gasteiger partial charge >= 0.3 is 6.09 Å². The highest BCUT2D eigenvalue weighted by molar-refractivity contribution is 5.86. The summed E-state index contributed by atoms with van der Waals surface area (Å²) < 4.78 is 10.7. The van der Waals surface area contributed by atoms with Crippen molar-refractivity contribution in [3.8, 4) is 5.75 Å². The predicted octanol–water partition coefficient (Wildman–Crippen LogP) is 2.74. The van der Waals surface area contributed by atoms with E-state index in [0.29, 0.717) is 26.1 Å². The molecule has 0 N–H and O–H groups in total. The lowest BCUT2D eigenvalue weighted by Gasteiger charge is -2.38. The highest BCUT2D eigenvalue weighted by Gasteiger charge is 2.39. The molecule has 1 aromatic carbocycles. The quantitative estimate of drug-likeness (QED) is 0.795. The highest BCUT2D eigenvalue weighted by atomic mass is 16.6. The summed E-state index contributed by atoms with van der Waals surface area (Å²) in [6, 6.07) is 7.57. The van der Waals surface area contributed by atoms with Gasteiger partial charge in [-0.3, -0.25) is 9.69 Å². The van der Waals surface area contributed by atoms with Crippen LogP contribution >= 0.6 is 0 Å². The number of benzene rings is 1. The van der Waals surface area contributed by atoms with Gasteiger partial charge in [0.1, 0.15) is 17.4 Å². The van der Waals surface area contributed by atoms with E-state index in [-0.39, 0.29) is 12.0 Å². The Morgan fingerprint density at radius 2 is 1.64 bits per heavy atom. The van der Waals surface area contributed by atoms with Gasteiger partial charge in [0.2, 0.25) is 5.91 Å². The monoisotopic (exact) mass is 389 g/mol. The first-order chi connectivity index (χ1) is 13.3. The molecular formula is C21H31N3O4. The highest BCUT2D eigenvalue weighted by Crippen LogP contribution is 2.24. The minimum Gasteiger partial charge on any atom is -0.497 e. The van der Waals surface area contributed by atoms with Gasteiger partial charge in [0.15, 0.2) is 0 Å². The van der Waals surface area contributed by atoms with Crippen LogP contribution in [0.1, 0.15) is 33.6 Å². The lowest BCUT2D eigenvalue weighted by Crippen LogP contribution is -2.54. The molecule has 2 heterocycles. The fourth-order valence-corrected chi connectivity index (χ4v) is 3.75. The zero-order chi connectivity index (χ0) is 20.3. The van der Waals surface area contributed by atoms with Crippen LogP contribution in [0.5, 0.6) is 5.75 Å². The maximum absolute atomic E-state index is 13.0. The van der Waals surface area contributed by atoms with Gasteiger partial charge in [0, 0.05) is 38.4 Å². The van der Waals surface area contributed by atoms with Crippen molar-refractivity contribution in [3.05, 3.63) is 24.3 Å². The topological polar surface area (TPSA) is 62.3 Å². The van der Waals surface area contributed by atoms with Crippen molar-refractivity contribution >= 4 is 17.7 Å². The molecule has 0 aliphatic carbocycles. The number of amides is 2. The summed E-state index contributed by atoms with van der Waals surface area (Å²) in [4.78, 5) is 31.3. The maximum Gasteiger partial charge on any atom is 0.410 e. The van der Waals surface area contributed by atoms with Crippen LogP contribution in [0.15, 0.2) is 24.3 Å². The molecule has 1 aromatic rings. The zero-order valence-corrected chi connectivity index (χ0v) is 17.3. The smallest absolute Gasteiger partial charge is 0.410 e. The first kappa shape index (κ1) is 20.3. The van der Waals surface area contributed by atoms with Gasteiger partial charge in [-0.05, 0) is 57.9 Å². The van der Waals surface area contributed by atoms with Crippen LogP contribution in [0, 0.1) is 0 Å². The summed E-state index contributed by atoms with van der Waals surface area (Å²) >= 11 is 0. The Morgan fingerprint density at radius 1 is 1.00 bits per heavy atom. The number of ether oxygens (including phenoxy) is 2. The molecule has 0 aromatic heterocycles. The van der Waals surface area contributed by atoms with E-state index in [1.165, 1.54) is 0 Å². The molecule has 1 atom stereocenters. The first-order valence-corrected chi connectivity index (χ1v) is 9.96. The van der Waals surface area contributed by atoms with Crippen LogP contribution in [0.3, 0.4) is 0 Å². The molecular weight excluding hydrogens is 358 g/mol. The fraction of sp³-hybridized carbons (Fsp3) is 0.619. The van der Waals surface area contributed by atoms with Crippen molar-refractivity contribution in [3.63, 3.8) is 0 Å². The molecule has 0 radical (unpaired) electrons. The summed E-state index contributed by atoms with van der Waals surface area (Å²) in [7, 11) is 1.66. The first-order valence-electron chi connectivity index (χ1n) is 9.96. The minimum atomic E-state index is -0.558. The number of hydrogen-bond acceptors (Lipinski definition) is 5. The Morgan fingerprint density at radius 3 is 2.21 bits per heavy atom. The Balaban J connectivity index is 1.57. The largest absolute Gasteiger partial charge is 0.497 e. The second kappa shape index (κ2) is 8.29. The summed E-state index contributed by atoms with van der Waals surface area (Å²) in [6.45, 7) is 8.97. The van der Waals surface area contributed by atoms with Crippen LogP contribution in [0.2, 0.25) is 0 Å². The number of nitrogens with zero attached hydrogens (tertiary/aromatic N) is 3. The second-order valence-electron chi connectivity index (χ2n) is 8.34. The number of carbonyl (C=O) groups excluding carboxylic acids is 2. The molecule has 0 bridgehead atoms. The van der Waals surface area contributed by atoms with E-state index in [1.807, 2.05) is 49.9 Å². The third-order valence-corrected chi connectivity index (χ3v) is 5.19. The van der Waals surface area contributed by atoms with Crippen molar-refractivity contribution in [2.75, 3.05) is 44.7 Å². The standard InChI is InChI=1S/C21H31N3O4/c1-21(2,3)28-20(26)24-11-5-6-18(24)19(25)23-14-12-22(13-15-23)16-7-9-17(27-4)10-8-16/h7-10,18H,5-6,11-15H2,1-4H3.